The zero-order valence-electron chi connectivity index (χ0n) is 14.3. The summed E-state index contributed by atoms with van der Waals surface area (Å²) in [6, 6.07) is 0. The number of hydrogen-bond acceptors (Lipinski definition) is 5. The van der Waals surface area contributed by atoms with Gasteiger partial charge in [0.25, 0.3) is 10.0 Å². The minimum absolute atomic E-state index is 0.0176. The first-order chi connectivity index (χ1) is 11.3. The van der Waals surface area contributed by atoms with Crippen molar-refractivity contribution in [3.63, 3.8) is 0 Å². The van der Waals surface area contributed by atoms with E-state index in [1.807, 2.05) is 6.92 Å². The maximum absolute atomic E-state index is 12.9. The van der Waals surface area contributed by atoms with E-state index in [4.69, 9.17) is 4.74 Å². The highest BCUT2D eigenvalue weighted by Crippen LogP contribution is 2.45. The van der Waals surface area contributed by atoms with Crippen LogP contribution in [0, 0.1) is 11.3 Å². The summed E-state index contributed by atoms with van der Waals surface area (Å²) < 4.78 is 33.7. The van der Waals surface area contributed by atoms with Crippen molar-refractivity contribution < 1.29 is 17.9 Å². The Morgan fingerprint density at radius 2 is 2.21 bits per heavy atom. The van der Waals surface area contributed by atoms with Gasteiger partial charge < -0.3 is 14.2 Å². The lowest BCUT2D eigenvalue weighted by molar-refractivity contribution is -0.137. The molecule has 0 radical (unpaired) electrons. The van der Waals surface area contributed by atoms with E-state index in [-0.39, 0.29) is 23.4 Å². The number of imidazole rings is 1. The molecule has 2 aliphatic rings. The van der Waals surface area contributed by atoms with Crippen molar-refractivity contribution in [2.45, 2.75) is 18.4 Å². The zero-order valence-corrected chi connectivity index (χ0v) is 15.1. The van der Waals surface area contributed by atoms with Gasteiger partial charge in [0.1, 0.15) is 0 Å². The average Bonchev–Trinajstić information content (AvgIpc) is 3.20. The van der Waals surface area contributed by atoms with Crippen LogP contribution in [0.25, 0.3) is 0 Å². The molecule has 1 aromatic rings. The fourth-order valence-electron chi connectivity index (χ4n) is 3.73. The number of aryl methyl sites for hydroxylation is 1. The summed E-state index contributed by atoms with van der Waals surface area (Å²) >= 11 is 0. The van der Waals surface area contributed by atoms with E-state index in [1.54, 1.807) is 23.6 Å². The van der Waals surface area contributed by atoms with Crippen molar-refractivity contribution in [3.05, 3.63) is 12.5 Å². The Kier molecular flexibility index (Phi) is 4.43. The number of likely N-dealkylation sites (tertiary alicyclic amines) is 1. The molecule has 0 unspecified atom stereocenters. The van der Waals surface area contributed by atoms with Gasteiger partial charge in [-0.2, -0.15) is 4.31 Å². The third-order valence-electron chi connectivity index (χ3n) is 5.27. The Morgan fingerprint density at radius 1 is 1.46 bits per heavy atom. The number of carbonyl (C=O) groups excluding carboxylic acids is 1. The van der Waals surface area contributed by atoms with E-state index in [9.17, 15) is 13.2 Å². The first-order valence-electron chi connectivity index (χ1n) is 8.08. The highest BCUT2D eigenvalue weighted by atomic mass is 32.2. The van der Waals surface area contributed by atoms with Gasteiger partial charge in [-0.1, -0.05) is 6.92 Å². The Bertz CT molecular complexity index is 732. The van der Waals surface area contributed by atoms with Crippen LogP contribution in [0.3, 0.4) is 0 Å². The second-order valence-corrected chi connectivity index (χ2v) is 8.65. The van der Waals surface area contributed by atoms with Crippen LogP contribution in [0.2, 0.25) is 0 Å². The molecule has 2 saturated heterocycles. The largest absolute Gasteiger partial charge is 0.383 e. The smallest absolute Gasteiger partial charge is 0.262 e. The van der Waals surface area contributed by atoms with Gasteiger partial charge >= 0.3 is 0 Å². The lowest BCUT2D eigenvalue weighted by Gasteiger charge is -2.26. The monoisotopic (exact) mass is 356 g/mol. The fourth-order valence-corrected chi connectivity index (χ4v) is 5.29. The molecule has 1 aromatic heterocycles. The quantitative estimate of drug-likeness (QED) is 0.737. The van der Waals surface area contributed by atoms with Gasteiger partial charge in [-0.15, -0.1) is 0 Å². The number of nitrogens with zero attached hydrogens (tertiary/aromatic N) is 4. The van der Waals surface area contributed by atoms with E-state index in [0.717, 1.165) is 0 Å². The second-order valence-electron chi connectivity index (χ2n) is 6.77. The molecule has 0 saturated carbocycles. The van der Waals surface area contributed by atoms with E-state index < -0.39 is 15.4 Å². The number of amides is 1. The number of rotatable bonds is 5. The highest BCUT2D eigenvalue weighted by Gasteiger charge is 2.57. The van der Waals surface area contributed by atoms with E-state index in [1.165, 1.54) is 16.8 Å². The number of hydrogen-bond donors (Lipinski definition) is 0. The van der Waals surface area contributed by atoms with Gasteiger partial charge in [0.05, 0.1) is 18.3 Å². The Hall–Kier alpha value is -1.45. The average molecular weight is 356 g/mol. The minimum Gasteiger partial charge on any atom is -0.383 e. The maximum Gasteiger partial charge on any atom is 0.262 e. The number of carbonyl (C=O) groups is 1. The summed E-state index contributed by atoms with van der Waals surface area (Å²) in [6.45, 7) is 4.25. The Balaban J connectivity index is 1.81. The van der Waals surface area contributed by atoms with E-state index in [2.05, 4.69) is 4.98 Å². The van der Waals surface area contributed by atoms with Crippen LogP contribution in [-0.2, 0) is 26.6 Å². The van der Waals surface area contributed by atoms with Crippen molar-refractivity contribution >= 4 is 15.9 Å². The molecule has 1 spiro atoms. The number of methoxy groups -OCH3 is 1. The summed E-state index contributed by atoms with van der Waals surface area (Å²) in [5.74, 6) is 0.0294. The third kappa shape index (κ3) is 2.64. The molecular formula is C15H24N4O4S. The van der Waals surface area contributed by atoms with Gasteiger partial charge in [-0.3, -0.25) is 4.79 Å². The maximum atomic E-state index is 12.9. The van der Waals surface area contributed by atoms with Gasteiger partial charge in [0.15, 0.2) is 5.03 Å². The van der Waals surface area contributed by atoms with Gasteiger partial charge in [0, 0.05) is 46.5 Å². The molecule has 3 rings (SSSR count). The summed E-state index contributed by atoms with van der Waals surface area (Å²) in [7, 11) is -0.329. The molecule has 134 valence electrons. The summed E-state index contributed by atoms with van der Waals surface area (Å²) in [6.07, 6.45) is 3.65. The standard InChI is InChI=1S/C15H24N4O4S/c1-12-8-19(24(21,22)13-9-17(2)11-16-13)10-15(12)4-5-18(14(15)20)6-7-23-3/h9,11-12H,4-8,10H2,1-3H3/t12-,15-/m0/s1. The first kappa shape index (κ1) is 17.4. The molecule has 3 heterocycles. The first-order valence-corrected chi connectivity index (χ1v) is 9.52. The number of aromatic nitrogens is 2. The van der Waals surface area contributed by atoms with Crippen LogP contribution in [-0.4, -0.2) is 73.0 Å². The summed E-state index contributed by atoms with van der Waals surface area (Å²) in [4.78, 5) is 18.6. The number of ether oxygens (including phenoxy) is 1. The highest BCUT2D eigenvalue weighted by molar-refractivity contribution is 7.89. The third-order valence-corrected chi connectivity index (χ3v) is 6.97. The fraction of sp³-hybridized carbons (Fsp3) is 0.733. The van der Waals surface area contributed by atoms with E-state index >= 15 is 0 Å². The topological polar surface area (TPSA) is 84.7 Å². The zero-order chi connectivity index (χ0) is 17.5. The summed E-state index contributed by atoms with van der Waals surface area (Å²) in [5, 5.41) is 0.0379. The molecule has 0 bridgehead atoms. The van der Waals surface area contributed by atoms with E-state index in [0.29, 0.717) is 32.7 Å². The molecule has 1 amide bonds. The second kappa shape index (κ2) is 6.12. The molecule has 24 heavy (non-hydrogen) atoms. The van der Waals surface area contributed by atoms with Crippen LogP contribution in [0.15, 0.2) is 17.6 Å². The van der Waals surface area contributed by atoms with Crippen molar-refractivity contribution in [2.75, 3.05) is 39.9 Å². The molecule has 0 aliphatic carbocycles. The van der Waals surface area contributed by atoms with Crippen molar-refractivity contribution in [2.24, 2.45) is 18.4 Å². The lowest BCUT2D eigenvalue weighted by atomic mass is 9.78. The predicted octanol–water partition coefficient (Wildman–Crippen LogP) is -0.0744. The van der Waals surface area contributed by atoms with Crippen molar-refractivity contribution in [3.8, 4) is 0 Å². The van der Waals surface area contributed by atoms with Gasteiger partial charge in [0.2, 0.25) is 5.91 Å². The Labute approximate surface area is 142 Å². The normalized spacial score (nSPS) is 28.4. The van der Waals surface area contributed by atoms with Crippen LogP contribution < -0.4 is 0 Å². The molecule has 8 nitrogen and oxygen atoms in total. The molecule has 2 aliphatic heterocycles. The van der Waals surface area contributed by atoms with Crippen molar-refractivity contribution in [1.29, 1.82) is 0 Å². The van der Waals surface area contributed by atoms with Gasteiger partial charge in [-0.25, -0.2) is 13.4 Å². The van der Waals surface area contributed by atoms with Crippen LogP contribution in [0.5, 0.6) is 0 Å². The minimum atomic E-state index is -3.67. The lowest BCUT2D eigenvalue weighted by Crippen LogP contribution is -2.41. The molecule has 0 N–H and O–H groups in total. The number of sulfonamides is 1. The molecule has 0 aromatic carbocycles. The molecular weight excluding hydrogens is 332 g/mol. The van der Waals surface area contributed by atoms with Crippen LogP contribution in [0.4, 0.5) is 0 Å². The van der Waals surface area contributed by atoms with Crippen molar-refractivity contribution in [1.82, 2.24) is 18.8 Å². The molecule has 2 atom stereocenters. The predicted molar refractivity (Wildman–Crippen MR) is 86.6 cm³/mol. The Morgan fingerprint density at radius 3 is 2.83 bits per heavy atom. The summed E-state index contributed by atoms with van der Waals surface area (Å²) in [5.41, 5.74) is -0.615. The van der Waals surface area contributed by atoms with Crippen LogP contribution in [0.1, 0.15) is 13.3 Å². The SMILES string of the molecule is COCCN1CC[C@@]2(CN(S(=O)(=O)c3cn(C)cn3)C[C@@H]2C)C1=O. The molecule has 2 fully saturated rings. The van der Waals surface area contributed by atoms with Crippen LogP contribution >= 0.6 is 0 Å². The molecule has 9 heteroatoms. The van der Waals surface area contributed by atoms with Gasteiger partial charge in [-0.05, 0) is 12.3 Å².